The Kier molecular flexibility index (Phi) is 6.01. The number of methoxy groups -OCH3 is 2. The van der Waals surface area contributed by atoms with E-state index in [0.29, 0.717) is 35.2 Å². The second kappa shape index (κ2) is 8.81. The number of carbonyl (C=O) groups excluding carboxylic acids is 1. The molecular formula is C20H19FN4O3. The molecule has 0 radical (unpaired) electrons. The van der Waals surface area contributed by atoms with Gasteiger partial charge >= 0.3 is 0 Å². The quantitative estimate of drug-likeness (QED) is 0.651. The fraction of sp³-hybridized carbons (Fsp3) is 0.150. The van der Waals surface area contributed by atoms with Crippen LogP contribution in [0.1, 0.15) is 15.9 Å². The molecule has 2 aromatic carbocycles. The monoisotopic (exact) mass is 382 g/mol. The maximum Gasteiger partial charge on any atom is 0.257 e. The third-order valence-corrected chi connectivity index (χ3v) is 3.91. The molecule has 2 N–H and O–H groups in total. The Bertz CT molecular complexity index is 924. The van der Waals surface area contributed by atoms with Crippen LogP contribution in [0.25, 0.3) is 0 Å². The van der Waals surface area contributed by atoms with Crippen LogP contribution in [0.2, 0.25) is 0 Å². The minimum absolute atomic E-state index is 0.280. The first-order valence-corrected chi connectivity index (χ1v) is 8.44. The predicted octanol–water partition coefficient (Wildman–Crippen LogP) is 3.50. The van der Waals surface area contributed by atoms with Gasteiger partial charge in [-0.3, -0.25) is 4.79 Å². The lowest BCUT2D eigenvalue weighted by Gasteiger charge is -2.09. The lowest BCUT2D eigenvalue weighted by molar-refractivity contribution is 0.102. The van der Waals surface area contributed by atoms with Gasteiger partial charge in [0, 0.05) is 18.2 Å². The summed E-state index contributed by atoms with van der Waals surface area (Å²) in [6.07, 6.45) is 0. The van der Waals surface area contributed by atoms with Crippen LogP contribution >= 0.6 is 0 Å². The van der Waals surface area contributed by atoms with Crippen LogP contribution in [0, 0.1) is 5.82 Å². The Balaban J connectivity index is 1.62. The van der Waals surface area contributed by atoms with Crippen molar-refractivity contribution in [3.05, 3.63) is 71.5 Å². The molecule has 0 aliphatic rings. The summed E-state index contributed by atoms with van der Waals surface area (Å²) in [4.78, 5) is 12.4. The molecule has 8 heteroatoms. The largest absolute Gasteiger partial charge is 0.497 e. The molecule has 7 nitrogen and oxygen atoms in total. The van der Waals surface area contributed by atoms with E-state index in [1.807, 2.05) is 0 Å². The first-order valence-electron chi connectivity index (χ1n) is 8.44. The normalized spacial score (nSPS) is 10.2. The molecule has 1 amide bonds. The molecule has 0 fully saturated rings. The van der Waals surface area contributed by atoms with Crippen LogP contribution in [0.4, 0.5) is 16.0 Å². The van der Waals surface area contributed by atoms with Gasteiger partial charge in [0.1, 0.15) is 23.1 Å². The Hall–Kier alpha value is -3.68. The molecule has 1 aromatic heterocycles. The number of nitrogens with zero attached hydrogens (tertiary/aromatic N) is 2. The molecule has 0 aliphatic heterocycles. The molecule has 1 heterocycles. The second-order valence-corrected chi connectivity index (χ2v) is 5.84. The molecule has 0 unspecified atom stereocenters. The van der Waals surface area contributed by atoms with Crippen molar-refractivity contribution in [2.75, 3.05) is 24.9 Å². The van der Waals surface area contributed by atoms with E-state index in [9.17, 15) is 9.18 Å². The van der Waals surface area contributed by atoms with Crippen molar-refractivity contribution in [2.24, 2.45) is 0 Å². The van der Waals surface area contributed by atoms with Crippen molar-refractivity contribution in [1.82, 2.24) is 10.2 Å². The molecule has 0 atom stereocenters. The van der Waals surface area contributed by atoms with E-state index in [2.05, 4.69) is 20.8 Å². The van der Waals surface area contributed by atoms with Gasteiger partial charge in [0.25, 0.3) is 5.91 Å². The summed E-state index contributed by atoms with van der Waals surface area (Å²) < 4.78 is 23.2. The van der Waals surface area contributed by atoms with Crippen LogP contribution in [-0.4, -0.2) is 30.3 Å². The number of amides is 1. The van der Waals surface area contributed by atoms with Gasteiger partial charge in [-0.15, -0.1) is 10.2 Å². The van der Waals surface area contributed by atoms with E-state index in [1.165, 1.54) is 26.4 Å². The van der Waals surface area contributed by atoms with Crippen LogP contribution in [-0.2, 0) is 6.54 Å². The average Bonchev–Trinajstić information content (AvgIpc) is 2.74. The summed E-state index contributed by atoms with van der Waals surface area (Å²) >= 11 is 0. The summed E-state index contributed by atoms with van der Waals surface area (Å²) in [7, 11) is 3.03. The van der Waals surface area contributed by atoms with E-state index in [1.54, 1.807) is 42.5 Å². The van der Waals surface area contributed by atoms with Gasteiger partial charge in [0.2, 0.25) is 0 Å². The summed E-state index contributed by atoms with van der Waals surface area (Å²) in [5.41, 5.74) is 1.28. The lowest BCUT2D eigenvalue weighted by atomic mass is 10.2. The van der Waals surface area contributed by atoms with Gasteiger partial charge in [-0.25, -0.2) is 4.39 Å². The summed E-state index contributed by atoms with van der Waals surface area (Å²) in [6, 6.07) is 14.4. The van der Waals surface area contributed by atoms with E-state index >= 15 is 0 Å². The zero-order chi connectivity index (χ0) is 19.9. The third-order valence-electron chi connectivity index (χ3n) is 3.91. The molecule has 28 heavy (non-hydrogen) atoms. The van der Waals surface area contributed by atoms with E-state index < -0.39 is 0 Å². The minimum Gasteiger partial charge on any atom is -0.497 e. The van der Waals surface area contributed by atoms with Crippen molar-refractivity contribution in [3.63, 3.8) is 0 Å². The van der Waals surface area contributed by atoms with Gasteiger partial charge < -0.3 is 20.1 Å². The highest BCUT2D eigenvalue weighted by molar-refractivity contribution is 6.04. The van der Waals surface area contributed by atoms with Crippen molar-refractivity contribution < 1.29 is 18.7 Å². The minimum atomic E-state index is -0.362. The number of nitrogens with one attached hydrogen (secondary N) is 2. The molecule has 0 bridgehead atoms. The van der Waals surface area contributed by atoms with Crippen LogP contribution in [0.5, 0.6) is 11.5 Å². The highest BCUT2D eigenvalue weighted by atomic mass is 19.1. The van der Waals surface area contributed by atoms with Gasteiger partial charge in [-0.05, 0) is 42.0 Å². The number of hydrogen-bond donors (Lipinski definition) is 2. The SMILES string of the molecule is COc1cc(OC)cc(C(=O)Nc2ccc(NCc3ccc(F)cc3)nn2)c1. The Morgan fingerprint density at radius 2 is 1.54 bits per heavy atom. The standard InChI is InChI=1S/C20H19FN4O3/c1-27-16-9-14(10-17(11-16)28-2)20(26)23-19-8-7-18(24-25-19)22-12-13-3-5-15(21)6-4-13/h3-11H,12H2,1-2H3,(H,22,24)(H,23,25,26). The van der Waals surface area contributed by atoms with Crippen LogP contribution in [0.15, 0.2) is 54.6 Å². The predicted molar refractivity (Wildman–Crippen MR) is 103 cm³/mol. The number of rotatable bonds is 7. The molecule has 0 saturated carbocycles. The molecule has 3 rings (SSSR count). The van der Waals surface area contributed by atoms with Crippen LogP contribution < -0.4 is 20.1 Å². The Labute approximate surface area is 161 Å². The van der Waals surface area contributed by atoms with Crippen molar-refractivity contribution in [1.29, 1.82) is 0 Å². The number of ether oxygens (including phenoxy) is 2. The zero-order valence-corrected chi connectivity index (χ0v) is 15.4. The number of halogens is 1. The number of benzene rings is 2. The van der Waals surface area contributed by atoms with E-state index in [0.717, 1.165) is 5.56 Å². The number of hydrogen-bond acceptors (Lipinski definition) is 6. The maximum atomic E-state index is 12.9. The fourth-order valence-corrected chi connectivity index (χ4v) is 2.42. The summed E-state index contributed by atoms with van der Waals surface area (Å²) in [5.74, 6) is 1.21. The summed E-state index contributed by atoms with van der Waals surface area (Å²) in [5, 5.41) is 13.8. The second-order valence-electron chi connectivity index (χ2n) is 5.84. The molecule has 144 valence electrons. The first-order chi connectivity index (χ1) is 13.6. The smallest absolute Gasteiger partial charge is 0.257 e. The topological polar surface area (TPSA) is 85.4 Å². The maximum absolute atomic E-state index is 12.9. The zero-order valence-electron chi connectivity index (χ0n) is 15.4. The molecule has 0 aliphatic carbocycles. The fourth-order valence-electron chi connectivity index (χ4n) is 2.42. The van der Waals surface area contributed by atoms with E-state index in [-0.39, 0.29) is 11.7 Å². The van der Waals surface area contributed by atoms with Gasteiger partial charge in [-0.2, -0.15) is 0 Å². The van der Waals surface area contributed by atoms with E-state index in [4.69, 9.17) is 9.47 Å². The van der Waals surface area contributed by atoms with Gasteiger partial charge in [-0.1, -0.05) is 12.1 Å². The average molecular weight is 382 g/mol. The summed E-state index contributed by atoms with van der Waals surface area (Å²) in [6.45, 7) is 0.476. The molecule has 3 aromatic rings. The molecular weight excluding hydrogens is 363 g/mol. The number of anilines is 2. The van der Waals surface area contributed by atoms with Crippen molar-refractivity contribution in [3.8, 4) is 11.5 Å². The molecule has 0 saturated heterocycles. The first kappa shape index (κ1) is 19.1. The Morgan fingerprint density at radius 1 is 0.929 bits per heavy atom. The Morgan fingerprint density at radius 3 is 2.11 bits per heavy atom. The van der Waals surface area contributed by atoms with Crippen molar-refractivity contribution >= 4 is 17.5 Å². The third kappa shape index (κ3) is 4.94. The molecule has 0 spiro atoms. The highest BCUT2D eigenvalue weighted by Gasteiger charge is 2.11. The number of aromatic nitrogens is 2. The lowest BCUT2D eigenvalue weighted by Crippen LogP contribution is -2.14. The van der Waals surface area contributed by atoms with Crippen molar-refractivity contribution in [2.45, 2.75) is 6.54 Å². The van der Waals surface area contributed by atoms with Crippen LogP contribution in [0.3, 0.4) is 0 Å². The van der Waals surface area contributed by atoms with Gasteiger partial charge in [0.15, 0.2) is 5.82 Å². The number of carbonyl (C=O) groups is 1. The highest BCUT2D eigenvalue weighted by Crippen LogP contribution is 2.23. The van der Waals surface area contributed by atoms with Gasteiger partial charge in [0.05, 0.1) is 14.2 Å².